The summed E-state index contributed by atoms with van der Waals surface area (Å²) in [5, 5.41) is 8.24. The van der Waals surface area contributed by atoms with Crippen LogP contribution in [0, 0.1) is 0 Å². The summed E-state index contributed by atoms with van der Waals surface area (Å²) in [6, 6.07) is 0. The predicted octanol–water partition coefficient (Wildman–Crippen LogP) is 1.85. The zero-order valence-electron chi connectivity index (χ0n) is 8.24. The third-order valence-corrected chi connectivity index (χ3v) is 3.27. The highest BCUT2D eigenvalue weighted by Gasteiger charge is 2.15. The van der Waals surface area contributed by atoms with Gasteiger partial charge in [-0.3, -0.25) is 0 Å². The largest absolute Gasteiger partial charge is 0.461 e. The van der Waals surface area contributed by atoms with Crippen LogP contribution in [-0.2, 0) is 4.74 Å². The molecule has 0 unspecified atom stereocenters. The van der Waals surface area contributed by atoms with Gasteiger partial charge in [0.1, 0.15) is 6.26 Å². The highest BCUT2D eigenvalue weighted by Crippen LogP contribution is 2.28. The molecule has 0 atom stereocenters. The van der Waals surface area contributed by atoms with E-state index in [1.54, 1.807) is 6.92 Å². The van der Waals surface area contributed by atoms with Gasteiger partial charge in [-0.1, -0.05) is 11.3 Å². The summed E-state index contributed by atoms with van der Waals surface area (Å²) >= 11 is 2.36. The minimum absolute atomic E-state index is 0.232. The van der Waals surface area contributed by atoms with Gasteiger partial charge >= 0.3 is 5.97 Å². The van der Waals surface area contributed by atoms with E-state index in [9.17, 15) is 4.79 Å². The quantitative estimate of drug-likeness (QED) is 0.773. The van der Waals surface area contributed by atoms with Crippen LogP contribution in [-0.4, -0.2) is 27.8 Å². The van der Waals surface area contributed by atoms with Crippen LogP contribution in [0.2, 0.25) is 0 Å². The molecule has 0 aliphatic heterocycles. The van der Waals surface area contributed by atoms with Gasteiger partial charge in [0.05, 0.1) is 12.8 Å². The maximum atomic E-state index is 11.3. The summed E-state index contributed by atoms with van der Waals surface area (Å²) in [5.41, 5.74) is 0. The Labute approximate surface area is 99.0 Å². The van der Waals surface area contributed by atoms with Crippen LogP contribution < -0.4 is 0 Å². The van der Waals surface area contributed by atoms with Gasteiger partial charge in [-0.05, 0) is 6.92 Å². The minimum Gasteiger partial charge on any atom is -0.461 e. The first-order valence-corrected chi connectivity index (χ1v) is 6.01. The molecule has 0 aliphatic rings. The molecule has 0 aliphatic carbocycles. The molecular weight excluding hydrogens is 250 g/mol. The second-order valence-electron chi connectivity index (χ2n) is 2.49. The zero-order chi connectivity index (χ0) is 11.4. The molecule has 0 bridgehead atoms. The van der Waals surface area contributed by atoms with E-state index >= 15 is 0 Å². The zero-order valence-corrected chi connectivity index (χ0v) is 9.88. The lowest BCUT2D eigenvalue weighted by atomic mass is 10.7. The lowest BCUT2D eigenvalue weighted by molar-refractivity contribution is 0.0525. The molecule has 0 amide bonds. The summed E-state index contributed by atoms with van der Waals surface area (Å²) in [4.78, 5) is 15.2. The van der Waals surface area contributed by atoms with Crippen LogP contribution in [0.15, 0.2) is 26.4 Å². The van der Waals surface area contributed by atoms with E-state index in [1.807, 2.05) is 0 Å². The van der Waals surface area contributed by atoms with Crippen molar-refractivity contribution in [1.29, 1.82) is 0 Å². The Morgan fingerprint density at radius 1 is 1.62 bits per heavy atom. The van der Waals surface area contributed by atoms with Crippen molar-refractivity contribution in [3.63, 3.8) is 0 Å². The average molecular weight is 257 g/mol. The smallest absolute Gasteiger partial charge is 0.369 e. The molecular formula is C8H7N3O3S2. The second-order valence-corrected chi connectivity index (χ2v) is 4.67. The Morgan fingerprint density at radius 2 is 2.50 bits per heavy atom. The van der Waals surface area contributed by atoms with Gasteiger partial charge in [0.25, 0.3) is 5.22 Å². The molecule has 16 heavy (non-hydrogen) atoms. The number of aromatic nitrogens is 3. The van der Waals surface area contributed by atoms with Gasteiger partial charge in [0, 0.05) is 11.8 Å². The first-order valence-electron chi connectivity index (χ1n) is 4.37. The lowest BCUT2D eigenvalue weighted by Crippen LogP contribution is -2.03. The van der Waals surface area contributed by atoms with Gasteiger partial charge in [0.15, 0.2) is 4.34 Å². The van der Waals surface area contributed by atoms with E-state index in [1.165, 1.54) is 24.2 Å². The molecule has 0 saturated heterocycles. The Balaban J connectivity index is 2.05. The standard InChI is InChI=1S/C8H7N3O3S2/c1-2-13-6(12)5-10-11-8(15-5)16-7-9-3-4-14-7/h3-4H,2H2,1H3. The number of rotatable bonds is 4. The average Bonchev–Trinajstić information content (AvgIpc) is 2.90. The van der Waals surface area contributed by atoms with Gasteiger partial charge in [-0.15, -0.1) is 10.2 Å². The molecule has 0 N–H and O–H groups in total. The van der Waals surface area contributed by atoms with Gasteiger partial charge in [-0.2, -0.15) is 0 Å². The number of nitrogens with zero attached hydrogens (tertiary/aromatic N) is 3. The van der Waals surface area contributed by atoms with Gasteiger partial charge in [-0.25, -0.2) is 9.78 Å². The number of carbonyl (C=O) groups excluding carboxylic acids is 1. The topological polar surface area (TPSA) is 78.1 Å². The van der Waals surface area contributed by atoms with Crippen LogP contribution >= 0.6 is 23.1 Å². The highest BCUT2D eigenvalue weighted by atomic mass is 32.2. The molecule has 6 nitrogen and oxygen atoms in total. The molecule has 0 spiro atoms. The summed E-state index contributed by atoms with van der Waals surface area (Å²) in [6.07, 6.45) is 3.01. The molecule has 84 valence electrons. The Bertz CT molecular complexity index is 469. The highest BCUT2D eigenvalue weighted by molar-refractivity contribution is 8.00. The summed E-state index contributed by atoms with van der Waals surface area (Å²) in [7, 11) is 0. The SMILES string of the molecule is CCOC(=O)c1nnc(Sc2ncco2)s1. The van der Waals surface area contributed by atoms with E-state index in [0.29, 0.717) is 16.2 Å². The third kappa shape index (κ3) is 2.58. The monoisotopic (exact) mass is 257 g/mol. The van der Waals surface area contributed by atoms with Crippen LogP contribution in [0.25, 0.3) is 0 Å². The Morgan fingerprint density at radius 3 is 3.19 bits per heavy atom. The molecule has 0 aromatic carbocycles. The number of hydrogen-bond donors (Lipinski definition) is 0. The normalized spacial score (nSPS) is 10.3. The Hall–Kier alpha value is -1.41. The maximum absolute atomic E-state index is 11.3. The van der Waals surface area contributed by atoms with E-state index in [-0.39, 0.29) is 5.01 Å². The number of ether oxygens (including phenoxy) is 1. The van der Waals surface area contributed by atoms with Crippen molar-refractivity contribution in [2.24, 2.45) is 0 Å². The number of carbonyl (C=O) groups is 1. The molecule has 0 saturated carbocycles. The van der Waals surface area contributed by atoms with E-state index in [2.05, 4.69) is 15.2 Å². The number of esters is 1. The van der Waals surface area contributed by atoms with Crippen molar-refractivity contribution < 1.29 is 13.9 Å². The van der Waals surface area contributed by atoms with Crippen molar-refractivity contribution in [1.82, 2.24) is 15.2 Å². The fourth-order valence-corrected chi connectivity index (χ4v) is 2.40. The second kappa shape index (κ2) is 5.08. The van der Waals surface area contributed by atoms with Crippen LogP contribution in [0.1, 0.15) is 16.7 Å². The summed E-state index contributed by atoms with van der Waals surface area (Å²) in [5.74, 6) is -0.459. The van der Waals surface area contributed by atoms with E-state index in [0.717, 1.165) is 11.3 Å². The Kier molecular flexibility index (Phi) is 3.52. The van der Waals surface area contributed by atoms with Gasteiger partial charge in [0.2, 0.25) is 5.01 Å². The van der Waals surface area contributed by atoms with Crippen molar-refractivity contribution >= 4 is 29.1 Å². The first kappa shape index (κ1) is 11.1. The minimum atomic E-state index is -0.459. The molecule has 2 heterocycles. The summed E-state index contributed by atoms with van der Waals surface area (Å²) < 4.78 is 10.4. The van der Waals surface area contributed by atoms with Crippen LogP contribution in [0.5, 0.6) is 0 Å². The first-order chi connectivity index (χ1) is 7.79. The van der Waals surface area contributed by atoms with Crippen molar-refractivity contribution in [2.75, 3.05) is 6.61 Å². The third-order valence-electron chi connectivity index (χ3n) is 1.44. The van der Waals surface area contributed by atoms with Crippen LogP contribution in [0.3, 0.4) is 0 Å². The van der Waals surface area contributed by atoms with Gasteiger partial charge < -0.3 is 9.15 Å². The lowest BCUT2D eigenvalue weighted by Gasteiger charge is -1.94. The molecule has 2 rings (SSSR count). The fourth-order valence-electron chi connectivity index (χ4n) is 0.862. The predicted molar refractivity (Wildman–Crippen MR) is 56.5 cm³/mol. The van der Waals surface area contributed by atoms with Crippen LogP contribution in [0.4, 0.5) is 0 Å². The van der Waals surface area contributed by atoms with Crippen molar-refractivity contribution in [3.8, 4) is 0 Å². The van der Waals surface area contributed by atoms with Crippen molar-refractivity contribution in [3.05, 3.63) is 17.5 Å². The molecule has 2 aromatic rings. The molecule has 0 radical (unpaired) electrons. The van der Waals surface area contributed by atoms with E-state index < -0.39 is 5.97 Å². The summed E-state index contributed by atoms with van der Waals surface area (Å²) in [6.45, 7) is 2.06. The molecule has 0 fully saturated rings. The van der Waals surface area contributed by atoms with E-state index in [4.69, 9.17) is 9.15 Å². The molecule has 2 aromatic heterocycles. The fraction of sp³-hybridized carbons (Fsp3) is 0.250. The number of hydrogen-bond acceptors (Lipinski definition) is 8. The number of oxazole rings is 1. The maximum Gasteiger partial charge on any atom is 0.369 e. The molecule has 8 heteroatoms. The van der Waals surface area contributed by atoms with Crippen molar-refractivity contribution in [2.45, 2.75) is 16.5 Å².